The molecular formula is C20H21N3O. The van der Waals surface area contributed by atoms with Crippen LogP contribution in [0.25, 0.3) is 22.5 Å². The van der Waals surface area contributed by atoms with Crippen molar-refractivity contribution in [3.8, 4) is 28.3 Å². The lowest BCUT2D eigenvalue weighted by atomic mass is 10.0. The van der Waals surface area contributed by atoms with Crippen molar-refractivity contribution >= 4 is 0 Å². The van der Waals surface area contributed by atoms with Crippen LogP contribution in [0.2, 0.25) is 0 Å². The van der Waals surface area contributed by atoms with Crippen LogP contribution in [0, 0.1) is 0 Å². The SMILES string of the molecule is CN1CCOc2ccc(-c3ccc(-c4nccn4C)cc3)cc2C1. The Morgan fingerprint density at radius 3 is 2.46 bits per heavy atom. The molecule has 2 aromatic carbocycles. The summed E-state index contributed by atoms with van der Waals surface area (Å²) in [4.78, 5) is 6.70. The van der Waals surface area contributed by atoms with Crippen LogP contribution in [-0.2, 0) is 13.6 Å². The molecule has 0 bridgehead atoms. The van der Waals surface area contributed by atoms with E-state index in [0.29, 0.717) is 0 Å². The molecule has 122 valence electrons. The summed E-state index contributed by atoms with van der Waals surface area (Å²) in [6, 6.07) is 15.1. The van der Waals surface area contributed by atoms with Crippen LogP contribution in [0.1, 0.15) is 5.56 Å². The summed E-state index contributed by atoms with van der Waals surface area (Å²) in [7, 11) is 4.14. The van der Waals surface area contributed by atoms with Crippen molar-refractivity contribution in [3.05, 3.63) is 60.4 Å². The largest absolute Gasteiger partial charge is 0.492 e. The first-order chi connectivity index (χ1) is 11.7. The van der Waals surface area contributed by atoms with Crippen LogP contribution in [0.3, 0.4) is 0 Å². The molecular weight excluding hydrogens is 298 g/mol. The third kappa shape index (κ3) is 2.81. The molecule has 0 saturated heterocycles. The molecule has 0 radical (unpaired) electrons. The first-order valence-corrected chi connectivity index (χ1v) is 8.23. The molecule has 0 spiro atoms. The van der Waals surface area contributed by atoms with Crippen molar-refractivity contribution < 1.29 is 4.74 Å². The summed E-state index contributed by atoms with van der Waals surface area (Å²) in [6.07, 6.45) is 3.79. The van der Waals surface area contributed by atoms with Crippen molar-refractivity contribution in [2.45, 2.75) is 6.54 Å². The monoisotopic (exact) mass is 319 g/mol. The summed E-state index contributed by atoms with van der Waals surface area (Å²) in [5.74, 6) is 1.99. The van der Waals surface area contributed by atoms with Crippen molar-refractivity contribution in [1.29, 1.82) is 0 Å². The maximum Gasteiger partial charge on any atom is 0.139 e. The predicted octanol–water partition coefficient (Wildman–Crippen LogP) is 3.58. The molecule has 0 saturated carbocycles. The lowest BCUT2D eigenvalue weighted by Gasteiger charge is -2.13. The van der Waals surface area contributed by atoms with E-state index in [9.17, 15) is 0 Å². The third-order valence-electron chi connectivity index (χ3n) is 4.53. The maximum absolute atomic E-state index is 5.84. The van der Waals surface area contributed by atoms with Gasteiger partial charge in [-0.15, -0.1) is 0 Å². The highest BCUT2D eigenvalue weighted by Crippen LogP contribution is 2.30. The lowest BCUT2D eigenvalue weighted by Crippen LogP contribution is -2.20. The molecule has 4 nitrogen and oxygen atoms in total. The summed E-state index contributed by atoms with van der Waals surface area (Å²) in [6.45, 7) is 2.64. The van der Waals surface area contributed by atoms with Gasteiger partial charge in [0, 0.05) is 43.7 Å². The number of aromatic nitrogens is 2. The minimum absolute atomic E-state index is 0.751. The smallest absolute Gasteiger partial charge is 0.139 e. The van der Waals surface area contributed by atoms with E-state index < -0.39 is 0 Å². The zero-order chi connectivity index (χ0) is 16.5. The second kappa shape index (κ2) is 6.13. The first kappa shape index (κ1) is 15.0. The van der Waals surface area contributed by atoms with Crippen molar-refractivity contribution in [1.82, 2.24) is 14.5 Å². The van der Waals surface area contributed by atoms with Crippen molar-refractivity contribution in [2.24, 2.45) is 7.05 Å². The number of aryl methyl sites for hydroxylation is 1. The molecule has 0 unspecified atom stereocenters. The van der Waals surface area contributed by atoms with Gasteiger partial charge in [0.25, 0.3) is 0 Å². The molecule has 0 atom stereocenters. The van der Waals surface area contributed by atoms with Gasteiger partial charge in [0.05, 0.1) is 0 Å². The van der Waals surface area contributed by atoms with E-state index in [2.05, 4.69) is 59.4 Å². The van der Waals surface area contributed by atoms with E-state index in [-0.39, 0.29) is 0 Å². The Balaban J connectivity index is 1.66. The van der Waals surface area contributed by atoms with Crippen LogP contribution >= 0.6 is 0 Å². The molecule has 0 fully saturated rings. The van der Waals surface area contributed by atoms with Gasteiger partial charge in [-0.1, -0.05) is 30.3 Å². The summed E-state index contributed by atoms with van der Waals surface area (Å²) < 4.78 is 7.87. The summed E-state index contributed by atoms with van der Waals surface area (Å²) in [5, 5.41) is 0. The van der Waals surface area contributed by atoms with E-state index in [1.165, 1.54) is 16.7 Å². The van der Waals surface area contributed by atoms with E-state index in [1.807, 2.05) is 24.0 Å². The lowest BCUT2D eigenvalue weighted by molar-refractivity contribution is 0.259. The Hall–Kier alpha value is -2.59. The minimum atomic E-state index is 0.751. The number of fused-ring (bicyclic) bond motifs is 1. The number of hydrogen-bond acceptors (Lipinski definition) is 3. The van der Waals surface area contributed by atoms with E-state index in [4.69, 9.17) is 4.74 Å². The van der Waals surface area contributed by atoms with Gasteiger partial charge in [0.1, 0.15) is 18.2 Å². The minimum Gasteiger partial charge on any atom is -0.492 e. The number of ether oxygens (including phenoxy) is 1. The van der Waals surface area contributed by atoms with Crippen molar-refractivity contribution in [2.75, 3.05) is 20.2 Å². The molecule has 24 heavy (non-hydrogen) atoms. The maximum atomic E-state index is 5.84. The van der Waals surface area contributed by atoms with Crippen LogP contribution < -0.4 is 4.74 Å². The second-order valence-corrected chi connectivity index (χ2v) is 6.35. The number of likely N-dealkylation sites (N-methyl/N-ethyl adjacent to an activating group) is 1. The van der Waals surface area contributed by atoms with Crippen LogP contribution in [-0.4, -0.2) is 34.7 Å². The Kier molecular flexibility index (Phi) is 3.82. The van der Waals surface area contributed by atoms with Gasteiger partial charge in [-0.05, 0) is 30.3 Å². The number of imidazole rings is 1. The molecule has 2 heterocycles. The van der Waals surface area contributed by atoms with Gasteiger partial charge in [-0.3, -0.25) is 4.90 Å². The number of rotatable bonds is 2. The van der Waals surface area contributed by atoms with Crippen LogP contribution in [0.5, 0.6) is 5.75 Å². The van der Waals surface area contributed by atoms with Gasteiger partial charge in [-0.25, -0.2) is 4.98 Å². The average Bonchev–Trinajstić information content (AvgIpc) is 2.93. The predicted molar refractivity (Wildman–Crippen MR) is 95.9 cm³/mol. The topological polar surface area (TPSA) is 30.3 Å². The fourth-order valence-electron chi connectivity index (χ4n) is 3.16. The van der Waals surface area contributed by atoms with Gasteiger partial charge in [0.15, 0.2) is 0 Å². The van der Waals surface area contributed by atoms with Crippen molar-refractivity contribution in [3.63, 3.8) is 0 Å². The Bertz CT molecular complexity index is 852. The Morgan fingerprint density at radius 1 is 0.958 bits per heavy atom. The van der Waals surface area contributed by atoms with Crippen LogP contribution in [0.15, 0.2) is 54.9 Å². The first-order valence-electron chi connectivity index (χ1n) is 8.23. The molecule has 4 heteroatoms. The number of benzene rings is 2. The van der Waals surface area contributed by atoms with E-state index in [0.717, 1.165) is 36.8 Å². The fourth-order valence-corrected chi connectivity index (χ4v) is 3.16. The normalized spacial score (nSPS) is 14.8. The molecule has 1 aromatic heterocycles. The Labute approximate surface area is 142 Å². The molecule has 0 amide bonds. The Morgan fingerprint density at radius 2 is 1.71 bits per heavy atom. The highest BCUT2D eigenvalue weighted by Gasteiger charge is 2.13. The number of hydrogen-bond donors (Lipinski definition) is 0. The fraction of sp³-hybridized carbons (Fsp3) is 0.250. The zero-order valence-electron chi connectivity index (χ0n) is 14.1. The molecule has 3 aromatic rings. The number of nitrogens with zero attached hydrogens (tertiary/aromatic N) is 3. The van der Waals surface area contributed by atoms with Gasteiger partial charge in [0.2, 0.25) is 0 Å². The quantitative estimate of drug-likeness (QED) is 0.723. The van der Waals surface area contributed by atoms with E-state index >= 15 is 0 Å². The highest BCUT2D eigenvalue weighted by atomic mass is 16.5. The third-order valence-corrected chi connectivity index (χ3v) is 4.53. The standard InChI is InChI=1S/C20H21N3O/c1-22-11-12-24-19-8-7-17(13-18(19)14-22)15-3-5-16(6-4-15)20-21-9-10-23(20)2/h3-10,13H,11-12,14H2,1-2H3. The van der Waals surface area contributed by atoms with E-state index in [1.54, 1.807) is 0 Å². The van der Waals surface area contributed by atoms with Gasteiger partial charge in [-0.2, -0.15) is 0 Å². The highest BCUT2D eigenvalue weighted by molar-refractivity contribution is 5.69. The zero-order valence-corrected chi connectivity index (χ0v) is 14.1. The van der Waals surface area contributed by atoms with Gasteiger partial charge >= 0.3 is 0 Å². The van der Waals surface area contributed by atoms with Crippen LogP contribution in [0.4, 0.5) is 0 Å². The second-order valence-electron chi connectivity index (χ2n) is 6.35. The molecule has 0 aliphatic carbocycles. The molecule has 1 aliphatic rings. The molecule has 1 aliphatic heterocycles. The summed E-state index contributed by atoms with van der Waals surface area (Å²) in [5.41, 5.74) is 4.81. The molecule has 4 rings (SSSR count). The summed E-state index contributed by atoms with van der Waals surface area (Å²) >= 11 is 0. The molecule has 0 N–H and O–H groups in total. The average molecular weight is 319 g/mol. The van der Waals surface area contributed by atoms with Gasteiger partial charge < -0.3 is 9.30 Å².